The van der Waals surface area contributed by atoms with E-state index in [0.29, 0.717) is 23.0 Å². The van der Waals surface area contributed by atoms with Gasteiger partial charge in [-0.15, -0.1) is 0 Å². The predicted octanol–water partition coefficient (Wildman–Crippen LogP) is 5.05. The van der Waals surface area contributed by atoms with E-state index < -0.39 is 22.6 Å². The SMILES string of the molecule is CCC(C)[Si](OC(=O)C(C)(CC)[Si](OC)OC)(C(C)C)C(C)C. The standard InChI is InChI=1S/C17H37O4Si2/c1-11-15(7)23(13(3)4,14(5)6)21-16(18)17(8,12-2)22(19-9)20-10/h13-15H,11-12H2,1-10H3. The summed E-state index contributed by atoms with van der Waals surface area (Å²) in [4.78, 5) is 13.2. The van der Waals surface area contributed by atoms with Gasteiger partial charge in [-0.05, 0) is 30.0 Å². The van der Waals surface area contributed by atoms with Crippen LogP contribution in [-0.4, -0.2) is 37.8 Å². The molecule has 0 aromatic heterocycles. The second kappa shape index (κ2) is 9.34. The predicted molar refractivity (Wildman–Crippen MR) is 100 cm³/mol. The van der Waals surface area contributed by atoms with E-state index >= 15 is 0 Å². The maximum absolute atomic E-state index is 13.2. The van der Waals surface area contributed by atoms with Gasteiger partial charge in [0.25, 0.3) is 14.3 Å². The van der Waals surface area contributed by atoms with Crippen LogP contribution >= 0.6 is 0 Å². The number of carbonyl (C=O) groups is 1. The molecular weight excluding hydrogens is 324 g/mol. The van der Waals surface area contributed by atoms with Crippen LogP contribution in [0.15, 0.2) is 0 Å². The molecule has 0 N–H and O–H groups in total. The van der Waals surface area contributed by atoms with Crippen molar-refractivity contribution in [2.24, 2.45) is 0 Å². The van der Waals surface area contributed by atoms with Crippen molar-refractivity contribution in [3.63, 3.8) is 0 Å². The number of hydrogen-bond acceptors (Lipinski definition) is 4. The van der Waals surface area contributed by atoms with Crippen LogP contribution < -0.4 is 0 Å². The minimum atomic E-state index is -2.26. The lowest BCUT2D eigenvalue weighted by molar-refractivity contribution is -0.140. The second-order valence-corrected chi connectivity index (χ2v) is 14.9. The molecule has 2 atom stereocenters. The first-order chi connectivity index (χ1) is 10.6. The summed E-state index contributed by atoms with van der Waals surface area (Å²) in [5, 5.41) is -0.691. The van der Waals surface area contributed by atoms with E-state index in [1.165, 1.54) is 0 Å². The Hall–Kier alpha value is -0.176. The molecule has 0 amide bonds. The van der Waals surface area contributed by atoms with Gasteiger partial charge in [-0.1, -0.05) is 54.9 Å². The van der Waals surface area contributed by atoms with Crippen LogP contribution in [0, 0.1) is 0 Å². The smallest absolute Gasteiger partial charge is 0.402 e. The fourth-order valence-electron chi connectivity index (χ4n) is 3.64. The van der Waals surface area contributed by atoms with Crippen molar-refractivity contribution < 1.29 is 18.1 Å². The Morgan fingerprint density at radius 3 is 1.74 bits per heavy atom. The first kappa shape index (κ1) is 22.8. The van der Waals surface area contributed by atoms with Gasteiger partial charge in [-0.2, -0.15) is 0 Å². The van der Waals surface area contributed by atoms with E-state index in [0.717, 1.165) is 6.42 Å². The molecule has 0 rings (SSSR count). The number of carbonyl (C=O) groups excluding carboxylic acids is 1. The third-order valence-electron chi connectivity index (χ3n) is 5.44. The zero-order chi connectivity index (χ0) is 18.4. The molecule has 0 aliphatic carbocycles. The largest absolute Gasteiger partial charge is 0.518 e. The van der Waals surface area contributed by atoms with Crippen LogP contribution in [0.5, 0.6) is 0 Å². The first-order valence-corrected chi connectivity index (χ1v) is 12.2. The second-order valence-electron chi connectivity index (χ2n) is 7.24. The van der Waals surface area contributed by atoms with Gasteiger partial charge in [0.05, 0.1) is 0 Å². The molecule has 0 fully saturated rings. The van der Waals surface area contributed by atoms with Gasteiger partial charge in [0, 0.05) is 14.2 Å². The van der Waals surface area contributed by atoms with Gasteiger partial charge >= 0.3 is 9.28 Å². The van der Waals surface area contributed by atoms with Crippen LogP contribution in [-0.2, 0) is 18.1 Å². The Balaban J connectivity index is 5.78. The minimum absolute atomic E-state index is 0.132. The normalized spacial score (nSPS) is 16.7. The van der Waals surface area contributed by atoms with Crippen molar-refractivity contribution in [1.29, 1.82) is 0 Å². The third kappa shape index (κ3) is 4.47. The van der Waals surface area contributed by atoms with Crippen LogP contribution in [0.4, 0.5) is 0 Å². The van der Waals surface area contributed by atoms with Crippen LogP contribution in [0.25, 0.3) is 0 Å². The summed E-state index contributed by atoms with van der Waals surface area (Å²) in [5.74, 6) is -0.132. The van der Waals surface area contributed by atoms with E-state index in [1.807, 2.05) is 13.8 Å². The van der Waals surface area contributed by atoms with E-state index in [9.17, 15) is 4.79 Å². The first-order valence-electron chi connectivity index (χ1n) is 8.77. The molecule has 137 valence electrons. The highest BCUT2D eigenvalue weighted by Crippen LogP contribution is 2.47. The highest BCUT2D eigenvalue weighted by molar-refractivity contribution is 6.79. The fraction of sp³-hybridized carbons (Fsp3) is 0.941. The minimum Gasteiger partial charge on any atom is -0.518 e. The summed E-state index contributed by atoms with van der Waals surface area (Å²) in [7, 11) is -0.747. The Morgan fingerprint density at radius 1 is 1.04 bits per heavy atom. The Labute approximate surface area is 146 Å². The van der Waals surface area contributed by atoms with Crippen LogP contribution in [0.2, 0.25) is 21.7 Å². The molecule has 2 unspecified atom stereocenters. The van der Waals surface area contributed by atoms with Gasteiger partial charge < -0.3 is 13.3 Å². The Kier molecular flexibility index (Phi) is 9.27. The topological polar surface area (TPSA) is 44.8 Å². The van der Waals surface area contributed by atoms with Gasteiger partial charge in [-0.25, -0.2) is 0 Å². The lowest BCUT2D eigenvalue weighted by Crippen LogP contribution is -2.53. The Morgan fingerprint density at radius 2 is 1.48 bits per heavy atom. The molecule has 1 radical (unpaired) electrons. The summed E-state index contributed by atoms with van der Waals surface area (Å²) >= 11 is 0. The maximum Gasteiger partial charge on any atom is 0.402 e. The summed E-state index contributed by atoms with van der Waals surface area (Å²) in [5.41, 5.74) is 1.18. The van der Waals surface area contributed by atoms with Gasteiger partial charge in [0.15, 0.2) is 0 Å². The van der Waals surface area contributed by atoms with Crippen LogP contribution in [0.3, 0.4) is 0 Å². The average Bonchev–Trinajstić information content (AvgIpc) is 2.51. The fourth-order valence-corrected chi connectivity index (χ4v) is 10.8. The zero-order valence-electron chi connectivity index (χ0n) is 16.8. The van der Waals surface area contributed by atoms with Crippen molar-refractivity contribution >= 4 is 23.6 Å². The van der Waals surface area contributed by atoms with Crippen molar-refractivity contribution in [2.45, 2.75) is 89.9 Å². The van der Waals surface area contributed by atoms with Gasteiger partial charge in [-0.3, -0.25) is 4.79 Å². The summed E-state index contributed by atoms with van der Waals surface area (Å²) in [6, 6.07) is 0. The molecule has 0 aromatic rings. The third-order valence-corrected chi connectivity index (χ3v) is 13.7. The maximum atomic E-state index is 13.2. The van der Waals surface area contributed by atoms with Crippen molar-refractivity contribution in [3.8, 4) is 0 Å². The molecular formula is C17H37O4Si2. The van der Waals surface area contributed by atoms with Crippen molar-refractivity contribution in [1.82, 2.24) is 0 Å². The molecule has 0 aromatic carbocycles. The lowest BCUT2D eigenvalue weighted by atomic mass is 10.1. The highest BCUT2D eigenvalue weighted by Gasteiger charge is 2.54. The summed E-state index contributed by atoms with van der Waals surface area (Å²) in [6.07, 6.45) is 1.69. The molecule has 0 aliphatic heterocycles. The lowest BCUT2D eigenvalue weighted by Gasteiger charge is -2.44. The molecule has 0 aliphatic rings. The number of hydrogen-bond donors (Lipinski definition) is 0. The van der Waals surface area contributed by atoms with E-state index in [1.54, 1.807) is 14.2 Å². The zero-order valence-corrected chi connectivity index (χ0v) is 18.8. The summed E-state index contributed by atoms with van der Waals surface area (Å²) in [6.45, 7) is 17.2. The molecule has 0 saturated heterocycles. The van der Waals surface area contributed by atoms with Crippen LogP contribution in [0.1, 0.15) is 68.2 Å². The molecule has 0 saturated carbocycles. The monoisotopic (exact) mass is 361 g/mol. The highest BCUT2D eigenvalue weighted by atomic mass is 28.4. The Bertz CT molecular complexity index is 362. The quantitative estimate of drug-likeness (QED) is 0.511. The van der Waals surface area contributed by atoms with E-state index in [2.05, 4.69) is 41.5 Å². The molecule has 23 heavy (non-hydrogen) atoms. The van der Waals surface area contributed by atoms with Gasteiger partial charge in [0.2, 0.25) is 0 Å². The average molecular weight is 362 g/mol. The number of rotatable bonds is 10. The summed E-state index contributed by atoms with van der Waals surface area (Å²) < 4.78 is 17.4. The van der Waals surface area contributed by atoms with Crippen molar-refractivity contribution in [3.05, 3.63) is 0 Å². The van der Waals surface area contributed by atoms with Gasteiger partial charge in [0.1, 0.15) is 5.04 Å². The molecule has 0 spiro atoms. The molecule has 0 heterocycles. The molecule has 4 nitrogen and oxygen atoms in total. The molecule has 6 heteroatoms. The van der Waals surface area contributed by atoms with Crippen molar-refractivity contribution in [2.75, 3.05) is 14.2 Å². The molecule has 0 bridgehead atoms. The van der Waals surface area contributed by atoms with E-state index in [-0.39, 0.29) is 5.97 Å². The van der Waals surface area contributed by atoms with E-state index in [4.69, 9.17) is 13.3 Å².